The molecule has 3 heteroatoms. The molecule has 0 radical (unpaired) electrons. The predicted octanol–water partition coefficient (Wildman–Crippen LogP) is 4.20. The molecule has 1 N–H and O–H groups in total. The number of hydrogen-bond acceptors (Lipinski definition) is 1. The van der Waals surface area contributed by atoms with E-state index in [0.29, 0.717) is 5.02 Å². The molecule has 0 saturated heterocycles. The van der Waals surface area contributed by atoms with E-state index < -0.39 is 6.10 Å². The van der Waals surface area contributed by atoms with Gasteiger partial charge in [-0.15, -0.1) is 0 Å². The first-order valence-corrected chi connectivity index (χ1v) is 5.69. The SMILES string of the molecule is CC(O)c1ccc(-c2ccc(F)cc2)c(Cl)c1. The van der Waals surface area contributed by atoms with Crippen LogP contribution in [-0.2, 0) is 0 Å². The highest BCUT2D eigenvalue weighted by molar-refractivity contribution is 6.33. The first-order chi connectivity index (χ1) is 8.08. The van der Waals surface area contributed by atoms with Crippen LogP contribution in [0.2, 0.25) is 5.02 Å². The van der Waals surface area contributed by atoms with Gasteiger partial charge in [0, 0.05) is 10.6 Å². The fraction of sp³-hybridized carbons (Fsp3) is 0.143. The maximum absolute atomic E-state index is 12.8. The quantitative estimate of drug-likeness (QED) is 0.847. The first kappa shape index (κ1) is 12.1. The van der Waals surface area contributed by atoms with Gasteiger partial charge in [-0.05, 0) is 36.2 Å². The van der Waals surface area contributed by atoms with Crippen LogP contribution in [0.15, 0.2) is 42.5 Å². The highest BCUT2D eigenvalue weighted by Gasteiger charge is 2.07. The summed E-state index contributed by atoms with van der Waals surface area (Å²) >= 11 is 6.14. The second-order valence-electron chi connectivity index (χ2n) is 3.92. The molecule has 0 aliphatic heterocycles. The monoisotopic (exact) mass is 250 g/mol. The van der Waals surface area contributed by atoms with Crippen LogP contribution in [0.25, 0.3) is 11.1 Å². The molecule has 88 valence electrons. The molecule has 1 atom stereocenters. The average molecular weight is 251 g/mol. The number of hydrogen-bond donors (Lipinski definition) is 1. The van der Waals surface area contributed by atoms with Crippen molar-refractivity contribution in [2.45, 2.75) is 13.0 Å². The summed E-state index contributed by atoms with van der Waals surface area (Å²) in [4.78, 5) is 0. The maximum atomic E-state index is 12.8. The standard InChI is InChI=1S/C14H12ClFO/c1-9(17)11-4-7-13(14(15)8-11)10-2-5-12(16)6-3-10/h2-9,17H,1H3. The normalized spacial score (nSPS) is 12.5. The van der Waals surface area contributed by atoms with E-state index in [4.69, 9.17) is 11.6 Å². The molecule has 0 aliphatic carbocycles. The number of benzene rings is 2. The molecule has 0 aromatic heterocycles. The van der Waals surface area contributed by atoms with Crippen molar-refractivity contribution >= 4 is 11.6 Å². The molecule has 0 spiro atoms. The van der Waals surface area contributed by atoms with Crippen LogP contribution in [0, 0.1) is 5.82 Å². The Labute approximate surface area is 104 Å². The lowest BCUT2D eigenvalue weighted by atomic mass is 10.0. The molecule has 2 aromatic carbocycles. The minimum absolute atomic E-state index is 0.273. The Morgan fingerprint density at radius 3 is 2.29 bits per heavy atom. The van der Waals surface area contributed by atoms with Gasteiger partial charge in [-0.25, -0.2) is 4.39 Å². The molecule has 0 fully saturated rings. The van der Waals surface area contributed by atoms with Crippen LogP contribution in [0.4, 0.5) is 4.39 Å². The molecular weight excluding hydrogens is 239 g/mol. The summed E-state index contributed by atoms with van der Waals surface area (Å²) in [6.45, 7) is 1.68. The Morgan fingerprint density at radius 2 is 1.76 bits per heavy atom. The maximum Gasteiger partial charge on any atom is 0.123 e. The van der Waals surface area contributed by atoms with Crippen LogP contribution >= 0.6 is 11.6 Å². The number of rotatable bonds is 2. The smallest absolute Gasteiger partial charge is 0.123 e. The van der Waals surface area contributed by atoms with Crippen LogP contribution in [-0.4, -0.2) is 5.11 Å². The number of aliphatic hydroxyl groups is 1. The van der Waals surface area contributed by atoms with Crippen molar-refractivity contribution in [3.8, 4) is 11.1 Å². The molecule has 2 rings (SSSR count). The van der Waals surface area contributed by atoms with Gasteiger partial charge in [-0.1, -0.05) is 35.9 Å². The molecule has 0 bridgehead atoms. The predicted molar refractivity (Wildman–Crippen MR) is 67.5 cm³/mol. The van der Waals surface area contributed by atoms with Gasteiger partial charge in [-0.3, -0.25) is 0 Å². The van der Waals surface area contributed by atoms with Crippen molar-refractivity contribution in [2.24, 2.45) is 0 Å². The topological polar surface area (TPSA) is 20.2 Å². The molecule has 2 aromatic rings. The van der Waals surface area contributed by atoms with Gasteiger partial charge in [0.1, 0.15) is 5.82 Å². The largest absolute Gasteiger partial charge is 0.389 e. The Bertz CT molecular complexity index is 520. The zero-order valence-corrected chi connectivity index (χ0v) is 10.1. The fourth-order valence-electron chi connectivity index (χ4n) is 1.65. The van der Waals surface area contributed by atoms with E-state index in [9.17, 15) is 9.50 Å². The van der Waals surface area contributed by atoms with Crippen molar-refractivity contribution in [3.63, 3.8) is 0 Å². The summed E-state index contributed by atoms with van der Waals surface area (Å²) in [5.74, 6) is -0.273. The summed E-state index contributed by atoms with van der Waals surface area (Å²) in [5.41, 5.74) is 2.45. The van der Waals surface area contributed by atoms with Gasteiger partial charge in [-0.2, -0.15) is 0 Å². The van der Waals surface area contributed by atoms with Crippen LogP contribution in [0.5, 0.6) is 0 Å². The third-order valence-corrected chi connectivity index (χ3v) is 2.94. The number of aliphatic hydroxyl groups excluding tert-OH is 1. The third-order valence-electron chi connectivity index (χ3n) is 2.63. The Morgan fingerprint density at radius 1 is 1.12 bits per heavy atom. The molecule has 17 heavy (non-hydrogen) atoms. The van der Waals surface area contributed by atoms with E-state index in [1.807, 2.05) is 12.1 Å². The lowest BCUT2D eigenvalue weighted by Crippen LogP contribution is -1.91. The lowest BCUT2D eigenvalue weighted by molar-refractivity contribution is 0.199. The van der Waals surface area contributed by atoms with E-state index >= 15 is 0 Å². The zero-order chi connectivity index (χ0) is 12.4. The van der Waals surface area contributed by atoms with Crippen molar-refractivity contribution in [2.75, 3.05) is 0 Å². The minimum Gasteiger partial charge on any atom is -0.389 e. The van der Waals surface area contributed by atoms with E-state index in [-0.39, 0.29) is 5.82 Å². The summed E-state index contributed by atoms with van der Waals surface area (Å²) in [6.07, 6.45) is -0.547. The molecule has 0 saturated carbocycles. The van der Waals surface area contributed by atoms with Crippen LogP contribution in [0.1, 0.15) is 18.6 Å². The average Bonchev–Trinajstić information content (AvgIpc) is 2.30. The van der Waals surface area contributed by atoms with Crippen LogP contribution < -0.4 is 0 Å². The summed E-state index contributed by atoms with van der Waals surface area (Å²) in [5, 5.41) is 9.99. The fourth-order valence-corrected chi connectivity index (χ4v) is 1.95. The molecule has 0 aliphatic rings. The van der Waals surface area contributed by atoms with Gasteiger partial charge >= 0.3 is 0 Å². The zero-order valence-electron chi connectivity index (χ0n) is 9.32. The van der Waals surface area contributed by atoms with Crippen molar-refractivity contribution in [1.29, 1.82) is 0 Å². The molecule has 1 unspecified atom stereocenters. The third kappa shape index (κ3) is 2.65. The Hall–Kier alpha value is -1.38. The highest BCUT2D eigenvalue weighted by Crippen LogP contribution is 2.30. The van der Waals surface area contributed by atoms with Crippen molar-refractivity contribution in [3.05, 3.63) is 58.9 Å². The van der Waals surface area contributed by atoms with Gasteiger partial charge in [0.05, 0.1) is 6.10 Å². The minimum atomic E-state index is -0.547. The summed E-state index contributed by atoms with van der Waals surface area (Å²) in [7, 11) is 0. The summed E-state index contributed by atoms with van der Waals surface area (Å²) in [6, 6.07) is 11.5. The van der Waals surface area contributed by atoms with Gasteiger partial charge < -0.3 is 5.11 Å². The van der Waals surface area contributed by atoms with Gasteiger partial charge in [0.2, 0.25) is 0 Å². The van der Waals surface area contributed by atoms with Crippen LogP contribution in [0.3, 0.4) is 0 Å². The summed E-state index contributed by atoms with van der Waals surface area (Å²) < 4.78 is 12.8. The van der Waals surface area contributed by atoms with E-state index in [0.717, 1.165) is 16.7 Å². The highest BCUT2D eigenvalue weighted by atomic mass is 35.5. The molecule has 1 nitrogen and oxygen atoms in total. The second-order valence-corrected chi connectivity index (χ2v) is 4.33. The van der Waals surface area contributed by atoms with Gasteiger partial charge in [0.25, 0.3) is 0 Å². The molecule has 0 heterocycles. The van der Waals surface area contributed by atoms with E-state index in [1.54, 1.807) is 25.1 Å². The number of halogens is 2. The Balaban J connectivity index is 2.43. The lowest BCUT2D eigenvalue weighted by Gasteiger charge is -2.09. The van der Waals surface area contributed by atoms with Crippen molar-refractivity contribution < 1.29 is 9.50 Å². The molecule has 0 amide bonds. The van der Waals surface area contributed by atoms with E-state index in [1.165, 1.54) is 12.1 Å². The van der Waals surface area contributed by atoms with Crippen molar-refractivity contribution in [1.82, 2.24) is 0 Å². The first-order valence-electron chi connectivity index (χ1n) is 5.31. The van der Waals surface area contributed by atoms with E-state index in [2.05, 4.69) is 0 Å². The van der Waals surface area contributed by atoms with Gasteiger partial charge in [0.15, 0.2) is 0 Å². The molecular formula is C14H12ClFO. The Kier molecular flexibility index (Phi) is 3.46. The second kappa shape index (κ2) is 4.86.